The van der Waals surface area contributed by atoms with E-state index in [9.17, 15) is 13.2 Å². The minimum absolute atomic E-state index is 0.0285. The van der Waals surface area contributed by atoms with Gasteiger partial charge in [-0.2, -0.15) is 4.31 Å². The molecule has 0 bridgehead atoms. The van der Waals surface area contributed by atoms with E-state index in [1.165, 1.54) is 10.4 Å². The van der Waals surface area contributed by atoms with Crippen molar-refractivity contribution in [1.82, 2.24) is 9.21 Å². The van der Waals surface area contributed by atoms with Crippen LogP contribution < -0.4 is 0 Å². The molecule has 174 valence electrons. The van der Waals surface area contributed by atoms with Crippen molar-refractivity contribution in [2.45, 2.75) is 38.8 Å². The Morgan fingerprint density at radius 2 is 1.67 bits per heavy atom. The summed E-state index contributed by atoms with van der Waals surface area (Å²) in [5.41, 5.74) is 3.25. The van der Waals surface area contributed by atoms with Gasteiger partial charge in [0.2, 0.25) is 15.9 Å². The van der Waals surface area contributed by atoms with Gasteiger partial charge >= 0.3 is 0 Å². The third-order valence-corrected chi connectivity index (χ3v) is 7.46. The zero-order valence-corrected chi connectivity index (χ0v) is 20.1. The summed E-state index contributed by atoms with van der Waals surface area (Å²) in [5, 5.41) is 0. The summed E-state index contributed by atoms with van der Waals surface area (Å²) in [7, 11) is -3.91. The molecular weight excluding hydrogens is 436 g/mol. The maximum absolute atomic E-state index is 13.6. The monoisotopic (exact) mass is 466 g/mol. The fraction of sp³-hybridized carbons (Fsp3) is 0.269. The van der Waals surface area contributed by atoms with Gasteiger partial charge in [0.1, 0.15) is 5.76 Å². The van der Waals surface area contributed by atoms with Gasteiger partial charge < -0.3 is 9.32 Å². The van der Waals surface area contributed by atoms with Gasteiger partial charge in [0.05, 0.1) is 24.2 Å². The predicted octanol–water partition coefficient (Wildman–Crippen LogP) is 4.61. The molecule has 2 aromatic carbocycles. The molecule has 0 aliphatic carbocycles. The number of rotatable bonds is 10. The average Bonchev–Trinajstić information content (AvgIpc) is 3.26. The third kappa shape index (κ3) is 6.00. The minimum Gasteiger partial charge on any atom is -0.467 e. The molecule has 1 amide bonds. The van der Waals surface area contributed by atoms with Crippen LogP contribution >= 0.6 is 0 Å². The van der Waals surface area contributed by atoms with Crippen molar-refractivity contribution in [3.63, 3.8) is 0 Å². The number of carbonyl (C=O) groups excluding carboxylic acids is 1. The van der Waals surface area contributed by atoms with Crippen LogP contribution in [0.3, 0.4) is 0 Å². The Labute approximate surface area is 196 Å². The number of benzene rings is 2. The number of carbonyl (C=O) groups is 1. The topological polar surface area (TPSA) is 70.8 Å². The molecule has 0 atom stereocenters. The van der Waals surface area contributed by atoms with Crippen molar-refractivity contribution in [2.75, 3.05) is 13.1 Å². The highest BCUT2D eigenvalue weighted by Crippen LogP contribution is 2.25. The molecule has 0 radical (unpaired) electrons. The van der Waals surface area contributed by atoms with Crippen LogP contribution in [0, 0.1) is 20.8 Å². The average molecular weight is 467 g/mol. The largest absolute Gasteiger partial charge is 0.467 e. The van der Waals surface area contributed by atoms with Crippen LogP contribution in [0.5, 0.6) is 0 Å². The molecule has 0 aliphatic rings. The Bertz CT molecular complexity index is 1180. The van der Waals surface area contributed by atoms with Crippen molar-refractivity contribution in [3.05, 3.63) is 102 Å². The third-order valence-electron chi connectivity index (χ3n) is 5.34. The molecule has 3 rings (SSSR count). The van der Waals surface area contributed by atoms with Gasteiger partial charge in [-0.15, -0.1) is 6.58 Å². The zero-order valence-electron chi connectivity index (χ0n) is 19.3. The van der Waals surface area contributed by atoms with Gasteiger partial charge in [0.15, 0.2) is 0 Å². The molecule has 0 N–H and O–H groups in total. The lowest BCUT2D eigenvalue weighted by Crippen LogP contribution is -2.42. The van der Waals surface area contributed by atoms with Gasteiger partial charge in [-0.1, -0.05) is 54.1 Å². The summed E-state index contributed by atoms with van der Waals surface area (Å²) in [5.74, 6) is 0.311. The molecule has 0 unspecified atom stereocenters. The normalized spacial score (nSPS) is 11.5. The molecule has 0 saturated carbocycles. The van der Waals surface area contributed by atoms with E-state index < -0.39 is 10.0 Å². The lowest BCUT2D eigenvalue weighted by atomic mass is 10.1. The van der Waals surface area contributed by atoms with Crippen molar-refractivity contribution >= 4 is 15.9 Å². The molecule has 33 heavy (non-hydrogen) atoms. The Hall–Kier alpha value is -3.16. The molecule has 1 heterocycles. The number of aryl methyl sites for hydroxylation is 3. The lowest BCUT2D eigenvalue weighted by Gasteiger charge is -2.27. The highest BCUT2D eigenvalue weighted by molar-refractivity contribution is 7.89. The molecule has 7 heteroatoms. The van der Waals surface area contributed by atoms with E-state index in [2.05, 4.69) is 6.58 Å². The van der Waals surface area contributed by atoms with Crippen molar-refractivity contribution in [3.8, 4) is 0 Å². The highest BCUT2D eigenvalue weighted by Gasteiger charge is 2.30. The van der Waals surface area contributed by atoms with E-state index in [1.807, 2.05) is 49.4 Å². The van der Waals surface area contributed by atoms with Crippen LogP contribution in [0.1, 0.15) is 28.0 Å². The summed E-state index contributed by atoms with van der Waals surface area (Å²) in [4.78, 5) is 15.2. The lowest BCUT2D eigenvalue weighted by molar-refractivity contribution is -0.132. The van der Waals surface area contributed by atoms with Gasteiger partial charge in [-0.25, -0.2) is 8.42 Å². The van der Waals surface area contributed by atoms with Crippen molar-refractivity contribution < 1.29 is 17.6 Å². The highest BCUT2D eigenvalue weighted by atomic mass is 32.2. The number of hydrogen-bond donors (Lipinski definition) is 0. The summed E-state index contributed by atoms with van der Waals surface area (Å²) in [6.07, 6.45) is 3.05. The van der Waals surface area contributed by atoms with Crippen LogP contribution in [0.15, 0.2) is 82.8 Å². The number of sulfonamides is 1. The van der Waals surface area contributed by atoms with Crippen molar-refractivity contribution in [2.24, 2.45) is 0 Å². The molecule has 0 saturated heterocycles. The smallest absolute Gasteiger partial charge is 0.244 e. The standard InChI is InChI=1S/C26H30N2O4S/c1-5-13-28(33(30,31)26-21(3)15-20(2)16-22(26)4)19-25(29)27(18-24-12-9-14-32-24)17-23-10-7-6-8-11-23/h5-12,14-16H,1,13,17-19H2,2-4H3. The molecule has 0 aliphatic heterocycles. The number of furan rings is 1. The maximum atomic E-state index is 13.6. The van der Waals surface area contributed by atoms with E-state index in [1.54, 1.807) is 37.1 Å². The first-order valence-electron chi connectivity index (χ1n) is 10.8. The Kier molecular flexibility index (Phi) is 7.89. The SMILES string of the molecule is C=CCN(CC(=O)N(Cc1ccccc1)Cc1ccco1)S(=O)(=O)c1c(C)cc(C)cc1C. The number of nitrogens with zero attached hydrogens (tertiary/aromatic N) is 2. The van der Waals surface area contributed by atoms with E-state index >= 15 is 0 Å². The van der Waals surface area contributed by atoms with Crippen molar-refractivity contribution in [1.29, 1.82) is 0 Å². The second kappa shape index (κ2) is 10.6. The second-order valence-electron chi connectivity index (χ2n) is 8.13. The van der Waals surface area contributed by atoms with Gasteiger partial charge in [-0.3, -0.25) is 4.79 Å². The van der Waals surface area contributed by atoms with Crippen LogP contribution in [0.4, 0.5) is 0 Å². The first-order chi connectivity index (χ1) is 15.7. The Balaban J connectivity index is 1.91. The molecule has 1 aromatic heterocycles. The van der Waals surface area contributed by atoms with Gasteiger partial charge in [0.25, 0.3) is 0 Å². The first kappa shape index (κ1) is 24.5. The van der Waals surface area contributed by atoms with Crippen LogP contribution in [-0.2, 0) is 27.9 Å². The molecular formula is C26H30N2O4S. The Morgan fingerprint density at radius 1 is 1.00 bits per heavy atom. The van der Waals surface area contributed by atoms with E-state index in [0.29, 0.717) is 23.4 Å². The molecule has 3 aromatic rings. The zero-order chi connectivity index (χ0) is 24.0. The quantitative estimate of drug-likeness (QED) is 0.409. The maximum Gasteiger partial charge on any atom is 0.244 e. The van der Waals surface area contributed by atoms with E-state index in [4.69, 9.17) is 4.42 Å². The fourth-order valence-electron chi connectivity index (χ4n) is 3.97. The fourth-order valence-corrected chi connectivity index (χ4v) is 5.74. The Morgan fingerprint density at radius 3 is 2.24 bits per heavy atom. The molecule has 6 nitrogen and oxygen atoms in total. The molecule has 0 fully saturated rings. The van der Waals surface area contributed by atoms with Crippen LogP contribution in [-0.4, -0.2) is 36.6 Å². The summed E-state index contributed by atoms with van der Waals surface area (Å²) in [6, 6.07) is 16.8. The van der Waals surface area contributed by atoms with Gasteiger partial charge in [0, 0.05) is 13.1 Å². The van der Waals surface area contributed by atoms with E-state index in [-0.39, 0.29) is 30.4 Å². The van der Waals surface area contributed by atoms with Gasteiger partial charge in [-0.05, 0) is 49.6 Å². The second-order valence-corrected chi connectivity index (χ2v) is 10.0. The first-order valence-corrected chi connectivity index (χ1v) is 12.2. The number of amides is 1. The molecule has 0 spiro atoms. The minimum atomic E-state index is -3.91. The summed E-state index contributed by atoms with van der Waals surface area (Å²) in [6.45, 7) is 9.49. The predicted molar refractivity (Wildman–Crippen MR) is 129 cm³/mol. The number of hydrogen-bond acceptors (Lipinski definition) is 4. The summed E-state index contributed by atoms with van der Waals surface area (Å²) < 4.78 is 33.8. The van der Waals surface area contributed by atoms with E-state index in [0.717, 1.165) is 11.1 Å². The van der Waals surface area contributed by atoms with Crippen LogP contribution in [0.25, 0.3) is 0 Å². The van der Waals surface area contributed by atoms with Crippen LogP contribution in [0.2, 0.25) is 0 Å². The summed E-state index contributed by atoms with van der Waals surface area (Å²) >= 11 is 0.